The summed E-state index contributed by atoms with van der Waals surface area (Å²) in [7, 11) is 1.56. The fourth-order valence-corrected chi connectivity index (χ4v) is 2.39. The molecule has 0 aliphatic heterocycles. The van der Waals surface area contributed by atoms with Gasteiger partial charge in [0.1, 0.15) is 0 Å². The van der Waals surface area contributed by atoms with E-state index in [0.29, 0.717) is 18.0 Å². The number of nitrogens with zero attached hydrogens (tertiary/aromatic N) is 2. The van der Waals surface area contributed by atoms with Gasteiger partial charge in [0.05, 0.1) is 12.8 Å². The molecule has 0 fully saturated rings. The van der Waals surface area contributed by atoms with Gasteiger partial charge in [-0.05, 0) is 42.0 Å². The Labute approximate surface area is 151 Å². The topological polar surface area (TPSA) is 73.3 Å². The number of methoxy groups -OCH3 is 1. The van der Waals surface area contributed by atoms with Crippen LogP contribution in [-0.2, 0) is 11.3 Å². The molecule has 132 valence electrons. The average Bonchev–Trinajstić information content (AvgIpc) is 2.71. The Kier molecular flexibility index (Phi) is 5.77. The largest absolute Gasteiger partial charge is 0.493 e. The predicted molar refractivity (Wildman–Crippen MR) is 97.8 cm³/mol. The highest BCUT2D eigenvalue weighted by molar-refractivity contribution is 5.77. The first-order valence-corrected chi connectivity index (χ1v) is 8.14. The summed E-state index contributed by atoms with van der Waals surface area (Å²) in [5.41, 5.74) is 2.69. The second-order valence-corrected chi connectivity index (χ2v) is 5.51. The predicted octanol–water partition coefficient (Wildman–Crippen LogP) is 2.85. The van der Waals surface area contributed by atoms with Crippen LogP contribution in [0.4, 0.5) is 0 Å². The van der Waals surface area contributed by atoms with Crippen molar-refractivity contribution in [2.75, 3.05) is 13.7 Å². The van der Waals surface area contributed by atoms with Crippen LogP contribution in [0.2, 0.25) is 0 Å². The Hall–Kier alpha value is -3.41. The minimum absolute atomic E-state index is 0.0824. The van der Waals surface area contributed by atoms with Crippen LogP contribution in [0.25, 0.3) is 11.3 Å². The molecule has 3 rings (SSSR count). The summed E-state index contributed by atoms with van der Waals surface area (Å²) < 4.78 is 10.7. The van der Waals surface area contributed by atoms with Crippen LogP contribution in [0.1, 0.15) is 5.56 Å². The highest BCUT2D eigenvalue weighted by atomic mass is 16.5. The van der Waals surface area contributed by atoms with E-state index in [2.05, 4.69) is 15.3 Å². The molecule has 1 amide bonds. The molecule has 0 unspecified atom stereocenters. The molecule has 2 heterocycles. The van der Waals surface area contributed by atoms with E-state index in [-0.39, 0.29) is 12.5 Å². The number of ether oxygens (including phenoxy) is 2. The van der Waals surface area contributed by atoms with Gasteiger partial charge in [-0.1, -0.05) is 12.1 Å². The van der Waals surface area contributed by atoms with Crippen molar-refractivity contribution in [3.05, 3.63) is 72.7 Å². The van der Waals surface area contributed by atoms with Crippen molar-refractivity contribution < 1.29 is 14.3 Å². The van der Waals surface area contributed by atoms with Gasteiger partial charge in [0.25, 0.3) is 5.91 Å². The Balaban J connectivity index is 1.55. The molecule has 6 heteroatoms. The summed E-state index contributed by atoms with van der Waals surface area (Å²) in [4.78, 5) is 20.5. The minimum atomic E-state index is -0.212. The zero-order valence-corrected chi connectivity index (χ0v) is 14.4. The highest BCUT2D eigenvalue weighted by Crippen LogP contribution is 2.25. The van der Waals surface area contributed by atoms with Crippen LogP contribution >= 0.6 is 0 Å². The van der Waals surface area contributed by atoms with Crippen LogP contribution in [-0.4, -0.2) is 29.6 Å². The van der Waals surface area contributed by atoms with Gasteiger partial charge < -0.3 is 14.8 Å². The Morgan fingerprint density at radius 2 is 1.92 bits per heavy atom. The molecule has 0 atom stereocenters. The summed E-state index contributed by atoms with van der Waals surface area (Å²) in [6, 6.07) is 14.8. The number of benzene rings is 1. The zero-order chi connectivity index (χ0) is 18.2. The number of hydrogen-bond donors (Lipinski definition) is 1. The molecule has 0 aliphatic carbocycles. The maximum Gasteiger partial charge on any atom is 0.258 e. The third-order valence-corrected chi connectivity index (χ3v) is 3.70. The lowest BCUT2D eigenvalue weighted by molar-refractivity contribution is -0.123. The molecule has 6 nitrogen and oxygen atoms in total. The molecule has 0 saturated carbocycles. The number of pyridine rings is 2. The number of hydrogen-bond acceptors (Lipinski definition) is 5. The number of rotatable bonds is 7. The maximum absolute atomic E-state index is 12.0. The number of para-hydroxylation sites is 2. The van der Waals surface area contributed by atoms with Crippen molar-refractivity contribution in [2.24, 2.45) is 0 Å². The summed E-state index contributed by atoms with van der Waals surface area (Å²) in [6.07, 6.45) is 5.19. The number of nitrogens with one attached hydrogen (secondary N) is 1. The molecular weight excluding hydrogens is 330 g/mol. The first kappa shape index (κ1) is 17.4. The lowest BCUT2D eigenvalue weighted by atomic mass is 10.1. The van der Waals surface area contributed by atoms with Gasteiger partial charge in [0, 0.05) is 30.7 Å². The van der Waals surface area contributed by atoms with Crippen LogP contribution in [0.5, 0.6) is 11.5 Å². The maximum atomic E-state index is 12.0. The van der Waals surface area contributed by atoms with Gasteiger partial charge in [-0.3, -0.25) is 14.8 Å². The molecule has 1 aromatic carbocycles. The smallest absolute Gasteiger partial charge is 0.258 e. The molecule has 0 aliphatic rings. The van der Waals surface area contributed by atoms with E-state index in [1.807, 2.05) is 36.4 Å². The van der Waals surface area contributed by atoms with Crippen molar-refractivity contribution in [1.29, 1.82) is 0 Å². The zero-order valence-electron chi connectivity index (χ0n) is 14.4. The number of carbonyl (C=O) groups excluding carboxylic acids is 1. The molecule has 1 N–H and O–H groups in total. The molecule has 0 spiro atoms. The van der Waals surface area contributed by atoms with Crippen molar-refractivity contribution in [1.82, 2.24) is 15.3 Å². The molecule has 0 saturated heterocycles. The second kappa shape index (κ2) is 8.62. The number of carbonyl (C=O) groups is 1. The fraction of sp³-hybridized carbons (Fsp3) is 0.150. The number of aromatic nitrogens is 2. The van der Waals surface area contributed by atoms with Gasteiger partial charge in [-0.25, -0.2) is 0 Å². The van der Waals surface area contributed by atoms with Crippen molar-refractivity contribution in [3.8, 4) is 22.8 Å². The fourth-order valence-electron chi connectivity index (χ4n) is 2.39. The first-order chi connectivity index (χ1) is 12.8. The van der Waals surface area contributed by atoms with Crippen LogP contribution < -0.4 is 14.8 Å². The molecular formula is C20H19N3O3. The van der Waals surface area contributed by atoms with Crippen LogP contribution in [0.15, 0.2) is 67.1 Å². The van der Waals surface area contributed by atoms with E-state index in [1.165, 1.54) is 0 Å². The summed E-state index contributed by atoms with van der Waals surface area (Å²) in [5, 5.41) is 2.84. The van der Waals surface area contributed by atoms with Gasteiger partial charge in [-0.2, -0.15) is 0 Å². The first-order valence-electron chi connectivity index (χ1n) is 8.14. The molecule has 3 aromatic rings. The molecule has 2 aromatic heterocycles. The third kappa shape index (κ3) is 4.57. The summed E-state index contributed by atoms with van der Waals surface area (Å²) in [5.74, 6) is 0.916. The van der Waals surface area contributed by atoms with Crippen molar-refractivity contribution >= 4 is 5.91 Å². The van der Waals surface area contributed by atoms with E-state index in [4.69, 9.17) is 9.47 Å². The molecule has 0 radical (unpaired) electrons. The summed E-state index contributed by atoms with van der Waals surface area (Å²) in [6.45, 7) is 0.310. The van der Waals surface area contributed by atoms with Crippen LogP contribution in [0.3, 0.4) is 0 Å². The van der Waals surface area contributed by atoms with Crippen molar-refractivity contribution in [3.63, 3.8) is 0 Å². The average molecular weight is 349 g/mol. The highest BCUT2D eigenvalue weighted by Gasteiger charge is 2.07. The van der Waals surface area contributed by atoms with Gasteiger partial charge in [-0.15, -0.1) is 0 Å². The Morgan fingerprint density at radius 1 is 1.08 bits per heavy atom. The van der Waals surface area contributed by atoms with E-state index < -0.39 is 0 Å². The second-order valence-electron chi connectivity index (χ2n) is 5.51. The quantitative estimate of drug-likeness (QED) is 0.710. The lowest BCUT2D eigenvalue weighted by Gasteiger charge is -2.11. The lowest BCUT2D eigenvalue weighted by Crippen LogP contribution is -2.28. The standard InChI is InChI=1S/C20H19N3O3/c1-25-18-6-2-3-7-19(18)26-14-20(24)23-12-15-8-10-22-17(11-15)16-5-4-9-21-13-16/h2-11,13H,12,14H2,1H3,(H,23,24). The third-order valence-electron chi connectivity index (χ3n) is 3.70. The van der Waals surface area contributed by atoms with E-state index in [1.54, 1.807) is 37.8 Å². The van der Waals surface area contributed by atoms with E-state index >= 15 is 0 Å². The SMILES string of the molecule is COc1ccccc1OCC(=O)NCc1ccnc(-c2cccnc2)c1. The monoisotopic (exact) mass is 349 g/mol. The molecule has 26 heavy (non-hydrogen) atoms. The van der Waals surface area contributed by atoms with Gasteiger partial charge in [0.15, 0.2) is 18.1 Å². The minimum Gasteiger partial charge on any atom is -0.493 e. The normalized spacial score (nSPS) is 10.2. The van der Waals surface area contributed by atoms with Gasteiger partial charge >= 0.3 is 0 Å². The molecule has 0 bridgehead atoms. The van der Waals surface area contributed by atoms with Crippen LogP contribution in [0, 0.1) is 0 Å². The Morgan fingerprint density at radius 3 is 2.69 bits per heavy atom. The van der Waals surface area contributed by atoms with E-state index in [9.17, 15) is 4.79 Å². The number of amides is 1. The Bertz CT molecular complexity index is 869. The van der Waals surface area contributed by atoms with Crippen molar-refractivity contribution in [2.45, 2.75) is 6.54 Å². The summed E-state index contributed by atoms with van der Waals surface area (Å²) >= 11 is 0. The van der Waals surface area contributed by atoms with E-state index in [0.717, 1.165) is 16.8 Å². The van der Waals surface area contributed by atoms with Gasteiger partial charge in [0.2, 0.25) is 0 Å².